The summed E-state index contributed by atoms with van der Waals surface area (Å²) in [7, 11) is 0. The van der Waals surface area contributed by atoms with E-state index in [0.717, 1.165) is 0 Å². The monoisotopic (exact) mass is 323 g/mol. The summed E-state index contributed by atoms with van der Waals surface area (Å²) in [5.41, 5.74) is 8.82. The van der Waals surface area contributed by atoms with Gasteiger partial charge in [-0.3, -0.25) is 0 Å². The molecule has 0 saturated carbocycles. The molecule has 4 aromatic rings. The fraction of sp³-hybridized carbons (Fsp3) is 0. The summed E-state index contributed by atoms with van der Waals surface area (Å²) in [6.45, 7) is 0. The molecule has 0 saturated heterocycles. The zero-order chi connectivity index (χ0) is 16.7. The summed E-state index contributed by atoms with van der Waals surface area (Å²) in [4.78, 5) is 8.13. The van der Waals surface area contributed by atoms with Gasteiger partial charge in [0, 0.05) is 11.8 Å². The third-order valence-electron chi connectivity index (χ3n) is 3.64. The number of halogens is 2. The molecule has 0 aliphatic heterocycles. The van der Waals surface area contributed by atoms with Crippen LogP contribution in [-0.4, -0.2) is 19.6 Å². The first-order valence-corrected chi connectivity index (χ1v) is 7.14. The number of hydrogen-bond donors (Lipinski definition) is 1. The SMILES string of the molecule is Nc1nccc(-c2c(-c3ccc(F)cc3)nn3cc(F)ccc23)n1. The Balaban J connectivity index is 2.05. The van der Waals surface area contributed by atoms with E-state index in [4.69, 9.17) is 5.73 Å². The quantitative estimate of drug-likeness (QED) is 0.614. The summed E-state index contributed by atoms with van der Waals surface area (Å²) in [6.07, 6.45) is 2.82. The smallest absolute Gasteiger partial charge is 0.220 e. The molecular formula is C17H11F2N5. The van der Waals surface area contributed by atoms with E-state index in [2.05, 4.69) is 15.1 Å². The predicted molar refractivity (Wildman–Crippen MR) is 86.0 cm³/mol. The van der Waals surface area contributed by atoms with Gasteiger partial charge in [-0.1, -0.05) is 0 Å². The van der Waals surface area contributed by atoms with Crippen LogP contribution >= 0.6 is 0 Å². The Bertz CT molecular complexity index is 1040. The molecule has 4 rings (SSSR count). The van der Waals surface area contributed by atoms with Gasteiger partial charge in [0.05, 0.1) is 23.0 Å². The summed E-state index contributed by atoms with van der Waals surface area (Å²) in [5, 5.41) is 4.43. The molecule has 3 heterocycles. The molecular weight excluding hydrogens is 312 g/mol. The number of benzene rings is 1. The van der Waals surface area contributed by atoms with Crippen molar-refractivity contribution >= 4 is 11.5 Å². The Morgan fingerprint density at radius 2 is 1.67 bits per heavy atom. The Labute approximate surface area is 135 Å². The Morgan fingerprint density at radius 3 is 2.42 bits per heavy atom. The van der Waals surface area contributed by atoms with Crippen molar-refractivity contribution in [3.63, 3.8) is 0 Å². The number of nitrogens with zero attached hydrogens (tertiary/aromatic N) is 4. The number of nitrogens with two attached hydrogens (primary N) is 1. The normalized spacial score (nSPS) is 11.1. The van der Waals surface area contributed by atoms with Crippen molar-refractivity contribution in [2.45, 2.75) is 0 Å². The second-order valence-electron chi connectivity index (χ2n) is 5.21. The fourth-order valence-electron chi connectivity index (χ4n) is 2.60. The second kappa shape index (κ2) is 5.38. The molecule has 0 bridgehead atoms. The lowest BCUT2D eigenvalue weighted by molar-refractivity contribution is 0.615. The molecule has 1 aromatic carbocycles. The number of pyridine rings is 1. The molecule has 118 valence electrons. The van der Waals surface area contributed by atoms with Gasteiger partial charge in [0.15, 0.2) is 0 Å². The summed E-state index contributed by atoms with van der Waals surface area (Å²) >= 11 is 0. The number of aromatic nitrogens is 4. The van der Waals surface area contributed by atoms with Crippen molar-refractivity contribution in [1.29, 1.82) is 0 Å². The van der Waals surface area contributed by atoms with Gasteiger partial charge >= 0.3 is 0 Å². The molecule has 0 atom stereocenters. The molecule has 0 amide bonds. The van der Waals surface area contributed by atoms with Gasteiger partial charge in [-0.15, -0.1) is 0 Å². The average Bonchev–Trinajstić information content (AvgIpc) is 2.94. The van der Waals surface area contributed by atoms with Crippen LogP contribution in [0.25, 0.3) is 28.0 Å². The highest BCUT2D eigenvalue weighted by Crippen LogP contribution is 2.34. The van der Waals surface area contributed by atoms with Crippen LogP contribution in [0.1, 0.15) is 0 Å². The van der Waals surface area contributed by atoms with Gasteiger partial charge in [0.1, 0.15) is 17.3 Å². The van der Waals surface area contributed by atoms with Crippen molar-refractivity contribution in [2.24, 2.45) is 0 Å². The zero-order valence-electron chi connectivity index (χ0n) is 12.3. The lowest BCUT2D eigenvalue weighted by Gasteiger charge is -2.04. The molecule has 2 N–H and O–H groups in total. The van der Waals surface area contributed by atoms with Crippen molar-refractivity contribution in [1.82, 2.24) is 19.6 Å². The summed E-state index contributed by atoms with van der Waals surface area (Å²) in [6, 6.07) is 10.6. The summed E-state index contributed by atoms with van der Waals surface area (Å²) in [5.74, 6) is -0.634. The third-order valence-corrected chi connectivity index (χ3v) is 3.64. The topological polar surface area (TPSA) is 69.1 Å². The van der Waals surface area contributed by atoms with Gasteiger partial charge in [-0.2, -0.15) is 5.10 Å². The Morgan fingerprint density at radius 1 is 0.917 bits per heavy atom. The molecule has 3 aromatic heterocycles. The first-order valence-electron chi connectivity index (χ1n) is 7.14. The number of hydrogen-bond acceptors (Lipinski definition) is 4. The van der Waals surface area contributed by atoms with Crippen LogP contribution in [0.4, 0.5) is 14.7 Å². The third kappa shape index (κ3) is 2.36. The van der Waals surface area contributed by atoms with E-state index in [9.17, 15) is 8.78 Å². The maximum absolute atomic E-state index is 13.5. The van der Waals surface area contributed by atoms with E-state index >= 15 is 0 Å². The number of anilines is 1. The molecule has 0 radical (unpaired) electrons. The van der Waals surface area contributed by atoms with E-state index in [-0.39, 0.29) is 11.8 Å². The Hall–Kier alpha value is -3.35. The number of fused-ring (bicyclic) bond motifs is 1. The van der Waals surface area contributed by atoms with Crippen LogP contribution in [-0.2, 0) is 0 Å². The zero-order valence-corrected chi connectivity index (χ0v) is 12.3. The molecule has 5 nitrogen and oxygen atoms in total. The molecule has 0 spiro atoms. The van der Waals surface area contributed by atoms with Gasteiger partial charge in [0.2, 0.25) is 5.95 Å². The highest BCUT2D eigenvalue weighted by molar-refractivity contribution is 5.90. The lowest BCUT2D eigenvalue weighted by atomic mass is 10.0. The van der Waals surface area contributed by atoms with E-state index < -0.39 is 5.82 Å². The van der Waals surface area contributed by atoms with Gasteiger partial charge in [-0.05, 0) is 42.5 Å². The first kappa shape index (κ1) is 14.3. The minimum absolute atomic E-state index is 0.124. The highest BCUT2D eigenvalue weighted by Gasteiger charge is 2.18. The van der Waals surface area contributed by atoms with Crippen LogP contribution in [0.15, 0.2) is 54.9 Å². The first-order chi connectivity index (χ1) is 11.6. The van der Waals surface area contributed by atoms with Crippen molar-refractivity contribution in [3.05, 3.63) is 66.5 Å². The van der Waals surface area contributed by atoms with E-state index in [1.165, 1.54) is 28.9 Å². The fourth-order valence-corrected chi connectivity index (χ4v) is 2.60. The van der Waals surface area contributed by atoms with Crippen LogP contribution in [0.3, 0.4) is 0 Å². The van der Waals surface area contributed by atoms with E-state index in [1.807, 2.05) is 0 Å². The van der Waals surface area contributed by atoms with Crippen molar-refractivity contribution in [2.75, 3.05) is 5.73 Å². The van der Waals surface area contributed by atoms with E-state index in [0.29, 0.717) is 28.0 Å². The Kier molecular flexibility index (Phi) is 3.19. The lowest BCUT2D eigenvalue weighted by Crippen LogP contribution is -1.95. The van der Waals surface area contributed by atoms with Crippen molar-refractivity contribution in [3.8, 4) is 22.5 Å². The largest absolute Gasteiger partial charge is 0.368 e. The van der Waals surface area contributed by atoms with Crippen LogP contribution in [0.5, 0.6) is 0 Å². The summed E-state index contributed by atoms with van der Waals surface area (Å²) < 4.78 is 28.2. The highest BCUT2D eigenvalue weighted by atomic mass is 19.1. The molecule has 0 fully saturated rings. The molecule has 7 heteroatoms. The molecule has 0 aliphatic carbocycles. The maximum atomic E-state index is 13.5. The minimum Gasteiger partial charge on any atom is -0.368 e. The van der Waals surface area contributed by atoms with Gasteiger partial charge in [-0.25, -0.2) is 23.3 Å². The molecule has 0 aliphatic rings. The average molecular weight is 323 g/mol. The standard InChI is InChI=1S/C17H11F2N5/c18-11-3-1-10(2-4-11)16-15(13-7-8-21-17(20)22-13)14-6-5-12(19)9-24(14)23-16/h1-9H,(H2,20,21,22). The maximum Gasteiger partial charge on any atom is 0.220 e. The predicted octanol–water partition coefficient (Wildman–Crippen LogP) is 3.32. The van der Waals surface area contributed by atoms with Gasteiger partial charge < -0.3 is 5.73 Å². The second-order valence-corrected chi connectivity index (χ2v) is 5.21. The van der Waals surface area contributed by atoms with Gasteiger partial charge in [0.25, 0.3) is 0 Å². The van der Waals surface area contributed by atoms with Crippen LogP contribution in [0, 0.1) is 11.6 Å². The van der Waals surface area contributed by atoms with Crippen molar-refractivity contribution < 1.29 is 8.78 Å². The van der Waals surface area contributed by atoms with Crippen LogP contribution in [0.2, 0.25) is 0 Å². The van der Waals surface area contributed by atoms with Crippen LogP contribution < -0.4 is 5.73 Å². The minimum atomic E-state index is -0.413. The van der Waals surface area contributed by atoms with E-state index in [1.54, 1.807) is 30.5 Å². The molecule has 0 unspecified atom stereocenters. The number of nitrogen functional groups attached to an aromatic ring is 1. The number of rotatable bonds is 2. The molecule has 24 heavy (non-hydrogen) atoms.